The second-order valence-electron chi connectivity index (χ2n) is 4.02. The van der Waals surface area contributed by atoms with Gasteiger partial charge in [-0.15, -0.1) is 0 Å². The van der Waals surface area contributed by atoms with Crippen LogP contribution in [0.5, 0.6) is 0 Å². The van der Waals surface area contributed by atoms with Gasteiger partial charge in [0.25, 0.3) is 0 Å². The minimum absolute atomic E-state index is 0.122. The molecule has 0 aliphatic heterocycles. The van der Waals surface area contributed by atoms with Crippen LogP contribution < -0.4 is 5.73 Å². The van der Waals surface area contributed by atoms with Crippen molar-refractivity contribution in [2.24, 2.45) is 0 Å². The van der Waals surface area contributed by atoms with Crippen LogP contribution in [0.1, 0.15) is 5.56 Å². The predicted molar refractivity (Wildman–Crippen MR) is 65.2 cm³/mol. The molecule has 0 spiro atoms. The summed E-state index contributed by atoms with van der Waals surface area (Å²) in [7, 11) is 0. The van der Waals surface area contributed by atoms with Gasteiger partial charge in [-0.3, -0.25) is 0 Å². The summed E-state index contributed by atoms with van der Waals surface area (Å²) in [4.78, 5) is 11.9. The normalized spacial score (nSPS) is 11.1. The Labute approximate surface area is 106 Å². The Balaban J connectivity index is 2.07. The predicted octanol–water partition coefficient (Wildman–Crippen LogP) is 1.73. The highest BCUT2D eigenvalue weighted by molar-refractivity contribution is 5.81. The van der Waals surface area contributed by atoms with E-state index >= 15 is 0 Å². The monoisotopic (exact) mass is 261 g/mol. The van der Waals surface area contributed by atoms with Crippen LogP contribution in [-0.4, -0.2) is 19.5 Å². The van der Waals surface area contributed by atoms with Crippen molar-refractivity contribution in [3.05, 3.63) is 48.1 Å². The summed E-state index contributed by atoms with van der Waals surface area (Å²) >= 11 is 0. The van der Waals surface area contributed by atoms with Crippen LogP contribution in [0.3, 0.4) is 0 Å². The van der Waals surface area contributed by atoms with Crippen LogP contribution in [0.4, 0.5) is 14.6 Å². The number of imidazole rings is 1. The number of fused-ring (bicyclic) bond motifs is 1. The Bertz CT molecular complexity index is 753. The summed E-state index contributed by atoms with van der Waals surface area (Å²) in [6, 6.07) is 4.04. The number of nitrogens with zero attached hydrogens (tertiary/aromatic N) is 4. The van der Waals surface area contributed by atoms with Gasteiger partial charge < -0.3 is 10.3 Å². The molecule has 0 radical (unpaired) electrons. The summed E-state index contributed by atoms with van der Waals surface area (Å²) in [5, 5.41) is 0. The van der Waals surface area contributed by atoms with Gasteiger partial charge in [0.05, 0.1) is 12.9 Å². The van der Waals surface area contributed by atoms with E-state index in [0.717, 1.165) is 6.07 Å². The number of hydrogen-bond donors (Lipinski definition) is 1. The molecule has 96 valence electrons. The molecule has 0 saturated heterocycles. The lowest BCUT2D eigenvalue weighted by molar-refractivity contribution is 0.496. The second kappa shape index (κ2) is 4.27. The fourth-order valence-corrected chi connectivity index (χ4v) is 1.87. The number of aromatic nitrogens is 4. The lowest BCUT2D eigenvalue weighted by Crippen LogP contribution is -2.03. The van der Waals surface area contributed by atoms with Crippen LogP contribution in [0.2, 0.25) is 0 Å². The summed E-state index contributed by atoms with van der Waals surface area (Å²) < 4.78 is 28.3. The quantitative estimate of drug-likeness (QED) is 0.762. The maximum Gasteiger partial charge on any atom is 0.165 e. The lowest BCUT2D eigenvalue weighted by Gasteiger charge is -2.05. The van der Waals surface area contributed by atoms with Crippen LogP contribution in [0.25, 0.3) is 11.2 Å². The molecule has 0 aliphatic carbocycles. The van der Waals surface area contributed by atoms with Crippen molar-refractivity contribution in [1.29, 1.82) is 0 Å². The molecule has 2 aromatic heterocycles. The van der Waals surface area contributed by atoms with Crippen molar-refractivity contribution >= 4 is 17.0 Å². The lowest BCUT2D eigenvalue weighted by atomic mass is 10.2. The van der Waals surface area contributed by atoms with Crippen LogP contribution in [0, 0.1) is 11.6 Å². The number of rotatable bonds is 2. The first-order valence-electron chi connectivity index (χ1n) is 5.51. The van der Waals surface area contributed by atoms with E-state index in [0.29, 0.717) is 11.2 Å². The molecule has 2 N–H and O–H groups in total. The van der Waals surface area contributed by atoms with Gasteiger partial charge in [0.2, 0.25) is 0 Å². The summed E-state index contributed by atoms with van der Waals surface area (Å²) in [5.41, 5.74) is 6.80. The smallest absolute Gasteiger partial charge is 0.165 e. The molecule has 2 heterocycles. The van der Waals surface area contributed by atoms with E-state index in [1.165, 1.54) is 24.8 Å². The first-order valence-corrected chi connectivity index (χ1v) is 5.51. The van der Waals surface area contributed by atoms with Gasteiger partial charge in [0, 0.05) is 5.56 Å². The summed E-state index contributed by atoms with van der Waals surface area (Å²) in [6.07, 6.45) is 2.78. The van der Waals surface area contributed by atoms with Crippen molar-refractivity contribution in [2.75, 3.05) is 5.73 Å². The SMILES string of the molecule is Nc1ncnc2c1ncn2Cc1cccc(F)c1F. The standard InChI is InChI=1S/C12H9F2N5/c13-8-3-1-2-7(9(8)14)4-19-6-18-10-11(15)16-5-17-12(10)19/h1-3,5-6H,4H2,(H2,15,16,17). The van der Waals surface area contributed by atoms with E-state index in [9.17, 15) is 8.78 Å². The van der Waals surface area contributed by atoms with Crippen LogP contribution >= 0.6 is 0 Å². The number of nitrogens with two attached hydrogens (primary N) is 1. The third-order valence-electron chi connectivity index (χ3n) is 2.80. The zero-order valence-corrected chi connectivity index (χ0v) is 9.72. The fraction of sp³-hybridized carbons (Fsp3) is 0.0833. The Kier molecular flexibility index (Phi) is 2.59. The number of halogens is 2. The molecule has 0 saturated carbocycles. The van der Waals surface area contributed by atoms with Crippen molar-refractivity contribution in [3.63, 3.8) is 0 Å². The van der Waals surface area contributed by atoms with E-state index in [1.54, 1.807) is 4.57 Å². The van der Waals surface area contributed by atoms with E-state index in [1.807, 2.05) is 0 Å². The minimum atomic E-state index is -0.879. The van der Waals surface area contributed by atoms with Gasteiger partial charge in [-0.05, 0) is 6.07 Å². The topological polar surface area (TPSA) is 69.6 Å². The zero-order chi connectivity index (χ0) is 13.4. The van der Waals surface area contributed by atoms with Crippen LogP contribution in [0.15, 0.2) is 30.9 Å². The van der Waals surface area contributed by atoms with E-state index in [-0.39, 0.29) is 17.9 Å². The van der Waals surface area contributed by atoms with Crippen molar-refractivity contribution in [2.45, 2.75) is 6.54 Å². The van der Waals surface area contributed by atoms with E-state index < -0.39 is 11.6 Å². The van der Waals surface area contributed by atoms with Gasteiger partial charge >= 0.3 is 0 Å². The molecule has 3 aromatic rings. The molecule has 7 heteroatoms. The summed E-state index contributed by atoms with van der Waals surface area (Å²) in [5.74, 6) is -1.49. The molecule has 0 atom stereocenters. The Morgan fingerprint density at radius 2 is 2.00 bits per heavy atom. The fourth-order valence-electron chi connectivity index (χ4n) is 1.87. The number of hydrogen-bond acceptors (Lipinski definition) is 4. The number of benzene rings is 1. The second-order valence-corrected chi connectivity index (χ2v) is 4.02. The average Bonchev–Trinajstić information content (AvgIpc) is 2.80. The molecule has 0 fully saturated rings. The zero-order valence-electron chi connectivity index (χ0n) is 9.72. The number of nitrogen functional groups attached to an aromatic ring is 1. The molecule has 3 rings (SSSR count). The number of anilines is 1. The molecule has 0 bridgehead atoms. The highest BCUT2D eigenvalue weighted by Gasteiger charge is 2.12. The van der Waals surface area contributed by atoms with Crippen LogP contribution in [-0.2, 0) is 6.54 Å². The average molecular weight is 261 g/mol. The van der Waals surface area contributed by atoms with E-state index in [4.69, 9.17) is 5.73 Å². The van der Waals surface area contributed by atoms with Crippen molar-refractivity contribution in [1.82, 2.24) is 19.5 Å². The third kappa shape index (κ3) is 1.88. The maximum atomic E-state index is 13.6. The Morgan fingerprint density at radius 3 is 2.84 bits per heavy atom. The van der Waals surface area contributed by atoms with Gasteiger partial charge in [-0.1, -0.05) is 12.1 Å². The highest BCUT2D eigenvalue weighted by Crippen LogP contribution is 2.18. The van der Waals surface area contributed by atoms with E-state index in [2.05, 4.69) is 15.0 Å². The molecular formula is C12H9F2N5. The first kappa shape index (κ1) is 11.5. The molecule has 0 unspecified atom stereocenters. The first-order chi connectivity index (χ1) is 9.16. The molecule has 0 aliphatic rings. The van der Waals surface area contributed by atoms with Crippen molar-refractivity contribution in [3.8, 4) is 0 Å². The maximum absolute atomic E-state index is 13.6. The van der Waals surface area contributed by atoms with Crippen molar-refractivity contribution < 1.29 is 8.78 Å². The van der Waals surface area contributed by atoms with Gasteiger partial charge in [-0.25, -0.2) is 23.7 Å². The Morgan fingerprint density at radius 1 is 1.16 bits per heavy atom. The largest absolute Gasteiger partial charge is 0.382 e. The van der Waals surface area contributed by atoms with Gasteiger partial charge in [0.1, 0.15) is 11.8 Å². The molecule has 0 amide bonds. The minimum Gasteiger partial charge on any atom is -0.382 e. The third-order valence-corrected chi connectivity index (χ3v) is 2.80. The van der Waals surface area contributed by atoms with Gasteiger partial charge in [0.15, 0.2) is 23.1 Å². The molecular weight excluding hydrogens is 252 g/mol. The Hall–Kier alpha value is -2.57. The molecule has 1 aromatic carbocycles. The molecule has 19 heavy (non-hydrogen) atoms. The highest BCUT2D eigenvalue weighted by atomic mass is 19.2. The summed E-state index contributed by atoms with van der Waals surface area (Å²) in [6.45, 7) is 0.122. The molecule has 5 nitrogen and oxygen atoms in total. The van der Waals surface area contributed by atoms with Gasteiger partial charge in [-0.2, -0.15) is 0 Å².